The van der Waals surface area contributed by atoms with E-state index in [0.717, 1.165) is 124 Å². The highest BCUT2D eigenvalue weighted by atomic mass is 14.9. The second kappa shape index (κ2) is 40.6. The fraction of sp³-hybridized carbons (Fsp3) is 1.00. The second-order valence-corrected chi connectivity index (χ2v) is 35.9. The highest BCUT2D eigenvalue weighted by Crippen LogP contribution is 2.61. The van der Waals surface area contributed by atoms with Crippen LogP contribution in [0.4, 0.5) is 0 Å². The summed E-state index contributed by atoms with van der Waals surface area (Å²) in [5, 5.41) is 22.5. The van der Waals surface area contributed by atoms with Crippen molar-refractivity contribution < 1.29 is 0 Å². The normalized spacial score (nSPS) is 36.5. The molecule has 6 atom stereocenters. The largest absolute Gasteiger partial charge is 0.317 e. The lowest BCUT2D eigenvalue weighted by Gasteiger charge is -2.57. The average molecular weight is 1250 g/mol. The monoisotopic (exact) mass is 1250 g/mol. The molecule has 0 saturated heterocycles. The number of unbranched alkanes of at least 4 members (excludes halogenated alkanes) is 20. The smallest absolute Gasteiger partial charge is 0.000811 e. The number of nitrogens with one attached hydrogen (secondary N) is 6. The summed E-state index contributed by atoms with van der Waals surface area (Å²) in [6.45, 7) is 22.1. The minimum absolute atomic E-state index is 0.722. The van der Waals surface area contributed by atoms with E-state index in [4.69, 9.17) is 0 Å². The van der Waals surface area contributed by atoms with E-state index in [1.54, 1.807) is 109 Å². The van der Waals surface area contributed by atoms with Gasteiger partial charge in [0.25, 0.3) is 0 Å². The topological polar surface area (TPSA) is 72.2 Å². The van der Waals surface area contributed by atoms with Crippen molar-refractivity contribution in [1.82, 2.24) is 31.9 Å². The minimum atomic E-state index is 0.722. The molecule has 522 valence electrons. The first kappa shape index (κ1) is 72.5. The van der Waals surface area contributed by atoms with Gasteiger partial charge in [-0.05, 0) is 350 Å². The van der Waals surface area contributed by atoms with Crippen LogP contribution in [-0.2, 0) is 0 Å². The van der Waals surface area contributed by atoms with E-state index in [9.17, 15) is 0 Å². The van der Waals surface area contributed by atoms with Crippen LogP contribution in [0.2, 0.25) is 0 Å². The second-order valence-electron chi connectivity index (χ2n) is 35.9. The molecule has 6 heteroatoms. The molecule has 0 unspecified atom stereocenters. The fourth-order valence-electron chi connectivity index (χ4n) is 23.5. The van der Waals surface area contributed by atoms with Crippen molar-refractivity contribution in [2.45, 2.75) is 335 Å². The van der Waals surface area contributed by atoms with Gasteiger partial charge in [0.05, 0.1) is 0 Å². The van der Waals surface area contributed by atoms with Crippen molar-refractivity contribution in [2.75, 3.05) is 78.5 Å². The lowest BCUT2D eigenvalue weighted by Crippen LogP contribution is -2.50. The first-order valence-electron chi connectivity index (χ1n) is 42.7. The van der Waals surface area contributed by atoms with Crippen molar-refractivity contribution in [1.29, 1.82) is 0 Å². The lowest BCUT2D eigenvalue weighted by molar-refractivity contribution is -0.0512. The molecule has 15 aliphatic carbocycles. The standard InChI is InChI=1S/3C28H52N2/c1-2-29-13-9-5-3-7-11-24-20-25(24)12-8-4-6-10-14-30-21-28-26-16-22-15-23(18-26)19-27(28)17-22;1-2-3-4-6-9-12-29-21-27-17-26(27)11-8-5-7-10-13-30-22-28-18-23-14-24(19-28)16-25(15-23)20-28;1-2-3-4-6-9-12-29-20-27-19-24(27)11-8-5-7-10-13-30-21-28-25-15-22-14-23(17-25)18-26(28)16-22/h22-30H,2-21H2,1H3;23-27,29-30H,2-22H2,1H3;22-30H,2-21H2,1H3/t22?,23?,24-,25+,26?,27?,28?;23?,24?,25?,26-,27+,28?;22?,23?,24-,25?,26?,27+,28?/m110/s1. The molecule has 0 amide bonds. The van der Waals surface area contributed by atoms with E-state index in [2.05, 4.69) is 52.7 Å². The van der Waals surface area contributed by atoms with E-state index in [-0.39, 0.29) is 0 Å². The van der Waals surface area contributed by atoms with Crippen molar-refractivity contribution in [3.05, 3.63) is 0 Å². The molecule has 15 saturated carbocycles. The summed E-state index contributed by atoms with van der Waals surface area (Å²) in [4.78, 5) is 0. The molecule has 0 spiro atoms. The number of hydrogen-bond donors (Lipinski definition) is 6. The van der Waals surface area contributed by atoms with Crippen molar-refractivity contribution in [3.8, 4) is 0 Å². The summed E-state index contributed by atoms with van der Waals surface area (Å²) in [5.41, 5.74) is 0.722. The van der Waals surface area contributed by atoms with Crippen molar-refractivity contribution in [3.63, 3.8) is 0 Å². The van der Waals surface area contributed by atoms with Crippen LogP contribution in [0.15, 0.2) is 0 Å². The maximum Gasteiger partial charge on any atom is 0.000811 e. The summed E-state index contributed by atoms with van der Waals surface area (Å²) in [5.74, 6) is 20.7. The SMILES string of the molecule is CCCCCCCNC[C@@H]1C[C@H]1CCCCCCNCC12CC3CC(CC(C3)C1)C2.CCCCCCCNC[C@H]1C[C@@H]1CCCCCCNCC1C2CC3CC(C2)CC1C3.CCNCCCCCC[C@@H]1C[C@@H]1CCCCCCNCC1C2CC3CC(C2)CC1C3. The van der Waals surface area contributed by atoms with Crippen LogP contribution in [-0.4, -0.2) is 78.5 Å². The zero-order valence-corrected chi connectivity index (χ0v) is 60.6. The molecule has 90 heavy (non-hydrogen) atoms. The van der Waals surface area contributed by atoms with Crippen LogP contribution in [0.25, 0.3) is 0 Å². The minimum Gasteiger partial charge on any atom is -0.317 e. The maximum absolute atomic E-state index is 3.90. The van der Waals surface area contributed by atoms with Crippen LogP contribution >= 0.6 is 0 Å². The molecule has 0 aliphatic heterocycles. The third kappa shape index (κ3) is 25.2. The van der Waals surface area contributed by atoms with E-state index < -0.39 is 0 Å². The molecule has 6 N–H and O–H groups in total. The molecule has 15 aliphatic rings. The predicted molar refractivity (Wildman–Crippen MR) is 389 cm³/mol. The Morgan fingerprint density at radius 1 is 0.244 bits per heavy atom. The molecule has 15 rings (SSSR count). The zero-order chi connectivity index (χ0) is 61.8. The highest BCUT2D eigenvalue weighted by Gasteiger charge is 2.51. The molecule has 12 bridgehead atoms. The Kier molecular flexibility index (Phi) is 32.7. The molecular formula is C84H156N6. The van der Waals surface area contributed by atoms with Gasteiger partial charge in [0.2, 0.25) is 0 Å². The van der Waals surface area contributed by atoms with Crippen LogP contribution in [0.5, 0.6) is 0 Å². The summed E-state index contributed by atoms with van der Waals surface area (Å²) >= 11 is 0. The third-order valence-corrected chi connectivity index (χ3v) is 28.2. The third-order valence-electron chi connectivity index (χ3n) is 28.2. The lowest BCUT2D eigenvalue weighted by atomic mass is 9.49. The number of rotatable bonds is 51. The molecule has 15 fully saturated rings. The highest BCUT2D eigenvalue weighted by molar-refractivity contribution is 5.03. The van der Waals surface area contributed by atoms with Gasteiger partial charge < -0.3 is 31.9 Å². The predicted octanol–water partition coefficient (Wildman–Crippen LogP) is 20.5. The molecule has 0 aromatic carbocycles. The summed E-state index contributed by atoms with van der Waals surface area (Å²) in [6, 6.07) is 0. The molecule has 0 aromatic rings. The molecular weight excluding hydrogens is 1090 g/mol. The van der Waals surface area contributed by atoms with Crippen LogP contribution in [0.1, 0.15) is 335 Å². The fourth-order valence-corrected chi connectivity index (χ4v) is 23.5. The van der Waals surface area contributed by atoms with Gasteiger partial charge in [-0.25, -0.2) is 0 Å². The molecule has 0 radical (unpaired) electrons. The van der Waals surface area contributed by atoms with Gasteiger partial charge in [0.15, 0.2) is 0 Å². The van der Waals surface area contributed by atoms with E-state index in [0.29, 0.717) is 0 Å². The van der Waals surface area contributed by atoms with Gasteiger partial charge in [0.1, 0.15) is 0 Å². The van der Waals surface area contributed by atoms with Crippen molar-refractivity contribution in [2.24, 2.45) is 118 Å². The molecule has 0 heterocycles. The molecule has 0 aromatic heterocycles. The summed E-state index contributed by atoms with van der Waals surface area (Å²) < 4.78 is 0. The Bertz CT molecular complexity index is 1670. The van der Waals surface area contributed by atoms with Gasteiger partial charge in [0, 0.05) is 6.54 Å². The molecule has 6 nitrogen and oxygen atoms in total. The Balaban J connectivity index is 0.000000148. The van der Waals surface area contributed by atoms with E-state index in [1.807, 2.05) is 0 Å². The van der Waals surface area contributed by atoms with Gasteiger partial charge in [-0.15, -0.1) is 0 Å². The maximum atomic E-state index is 3.90. The first-order chi connectivity index (χ1) is 44.4. The first-order valence-corrected chi connectivity index (χ1v) is 42.7. The zero-order valence-electron chi connectivity index (χ0n) is 60.6. The summed E-state index contributed by atoms with van der Waals surface area (Å²) in [7, 11) is 0. The Morgan fingerprint density at radius 3 is 0.867 bits per heavy atom. The van der Waals surface area contributed by atoms with E-state index >= 15 is 0 Å². The van der Waals surface area contributed by atoms with Gasteiger partial charge in [-0.3, -0.25) is 0 Å². The van der Waals surface area contributed by atoms with E-state index in [1.165, 1.54) is 277 Å². The van der Waals surface area contributed by atoms with Crippen LogP contribution in [0, 0.1) is 118 Å². The average Bonchev–Trinajstić information content (AvgIpc) is 1.56. The Labute approximate surface area is 560 Å². The quantitative estimate of drug-likeness (QED) is 0.0341. The van der Waals surface area contributed by atoms with Crippen molar-refractivity contribution >= 4 is 0 Å². The van der Waals surface area contributed by atoms with Gasteiger partial charge in [-0.2, -0.15) is 0 Å². The van der Waals surface area contributed by atoms with Crippen LogP contribution < -0.4 is 31.9 Å². The Hall–Kier alpha value is -0.240. The number of hydrogen-bond acceptors (Lipinski definition) is 6. The van der Waals surface area contributed by atoms with Crippen LogP contribution in [0.3, 0.4) is 0 Å². The Morgan fingerprint density at radius 2 is 0.522 bits per heavy atom. The summed E-state index contributed by atoms with van der Waals surface area (Å²) in [6.07, 6.45) is 73.1. The van der Waals surface area contributed by atoms with Gasteiger partial charge >= 0.3 is 0 Å². The van der Waals surface area contributed by atoms with Gasteiger partial charge in [-0.1, -0.05) is 175 Å².